The third-order valence-electron chi connectivity index (χ3n) is 2.81. The van der Waals surface area contributed by atoms with Crippen molar-refractivity contribution in [1.29, 1.82) is 0 Å². The first-order valence-electron chi connectivity index (χ1n) is 6.18. The van der Waals surface area contributed by atoms with E-state index in [1.807, 2.05) is 0 Å². The van der Waals surface area contributed by atoms with Crippen LogP contribution in [0, 0.1) is 0 Å². The van der Waals surface area contributed by atoms with Crippen molar-refractivity contribution in [2.24, 2.45) is 0 Å². The van der Waals surface area contributed by atoms with Gasteiger partial charge in [0.1, 0.15) is 5.75 Å². The molecule has 0 aliphatic heterocycles. The molecule has 0 saturated carbocycles. The molecule has 0 unspecified atom stereocenters. The van der Waals surface area contributed by atoms with Crippen molar-refractivity contribution in [1.82, 2.24) is 4.31 Å². The Morgan fingerprint density at radius 2 is 1.85 bits per heavy atom. The minimum atomic E-state index is -3.51. The van der Waals surface area contributed by atoms with E-state index in [4.69, 9.17) is 9.84 Å². The lowest BCUT2D eigenvalue weighted by atomic mass is 10.3. The average Bonchev–Trinajstić information content (AvgIpc) is 2.37. The Morgan fingerprint density at radius 3 is 2.30 bits per heavy atom. The van der Waals surface area contributed by atoms with Gasteiger partial charge in [0.25, 0.3) is 0 Å². The van der Waals surface area contributed by atoms with Gasteiger partial charge in [-0.1, -0.05) is 0 Å². The fraction of sp³-hybridized carbons (Fsp3) is 0.462. The third-order valence-corrected chi connectivity index (χ3v) is 4.86. The monoisotopic (exact) mass is 301 g/mol. The van der Waals surface area contributed by atoms with Crippen LogP contribution in [0.3, 0.4) is 0 Å². The van der Waals surface area contributed by atoms with Crippen LogP contribution in [0.4, 0.5) is 0 Å². The lowest BCUT2D eigenvalue weighted by Gasteiger charge is -2.21. The summed E-state index contributed by atoms with van der Waals surface area (Å²) in [7, 11) is -1.98. The van der Waals surface area contributed by atoms with Gasteiger partial charge in [-0.15, -0.1) is 0 Å². The molecule has 0 heterocycles. The predicted molar refractivity (Wildman–Crippen MR) is 74.3 cm³/mol. The third kappa shape index (κ3) is 4.21. The molecule has 0 amide bonds. The standard InChI is InChI=1S/C13H19NO5S/c1-10(2)14(3)20(17,18)12-6-4-11(5-7-12)19-9-8-13(15)16/h4-7,10H,8-9H2,1-3H3,(H,15,16). The van der Waals surface area contributed by atoms with Crippen LogP contribution in [0.25, 0.3) is 0 Å². The normalized spacial score (nSPS) is 11.8. The molecule has 1 aromatic rings. The zero-order valence-corrected chi connectivity index (χ0v) is 12.6. The second-order valence-corrected chi connectivity index (χ2v) is 6.58. The lowest BCUT2D eigenvalue weighted by Crippen LogP contribution is -2.32. The average molecular weight is 301 g/mol. The molecule has 7 heteroatoms. The molecule has 0 atom stereocenters. The van der Waals surface area contributed by atoms with Crippen LogP contribution in [0.1, 0.15) is 20.3 Å². The summed E-state index contributed by atoms with van der Waals surface area (Å²) in [5, 5.41) is 8.49. The second kappa shape index (κ2) is 6.71. The SMILES string of the molecule is CC(C)N(C)S(=O)(=O)c1ccc(OCCC(=O)O)cc1. The molecular weight excluding hydrogens is 282 g/mol. The summed E-state index contributed by atoms with van der Waals surface area (Å²) in [5.74, 6) is -0.500. The van der Waals surface area contributed by atoms with Gasteiger partial charge in [0.05, 0.1) is 17.9 Å². The number of rotatable bonds is 7. The lowest BCUT2D eigenvalue weighted by molar-refractivity contribution is -0.137. The smallest absolute Gasteiger partial charge is 0.306 e. The van der Waals surface area contributed by atoms with Gasteiger partial charge in [-0.3, -0.25) is 4.79 Å². The number of ether oxygens (including phenoxy) is 1. The summed E-state index contributed by atoms with van der Waals surface area (Å²) in [6.45, 7) is 3.63. The van der Waals surface area contributed by atoms with E-state index >= 15 is 0 Å². The highest BCUT2D eigenvalue weighted by Gasteiger charge is 2.22. The number of aliphatic carboxylic acids is 1. The number of benzene rings is 1. The quantitative estimate of drug-likeness (QED) is 0.826. The number of hydrogen-bond donors (Lipinski definition) is 1. The summed E-state index contributed by atoms with van der Waals surface area (Å²) in [4.78, 5) is 10.5. The molecule has 20 heavy (non-hydrogen) atoms. The minimum absolute atomic E-state index is 0.0489. The molecule has 0 radical (unpaired) electrons. The van der Waals surface area contributed by atoms with E-state index < -0.39 is 16.0 Å². The summed E-state index contributed by atoms with van der Waals surface area (Å²) in [6.07, 6.45) is -0.101. The second-order valence-electron chi connectivity index (χ2n) is 4.58. The largest absolute Gasteiger partial charge is 0.493 e. The molecule has 0 fully saturated rings. The Labute approximate surface area is 119 Å². The van der Waals surface area contributed by atoms with Crippen LogP contribution in [0.2, 0.25) is 0 Å². The molecule has 0 spiro atoms. The summed E-state index contributed by atoms with van der Waals surface area (Å²) in [6, 6.07) is 5.80. The van der Waals surface area contributed by atoms with E-state index in [0.717, 1.165) is 0 Å². The predicted octanol–water partition coefficient (Wildman–Crippen LogP) is 1.57. The van der Waals surface area contributed by atoms with E-state index in [-0.39, 0.29) is 24.0 Å². The highest BCUT2D eigenvalue weighted by molar-refractivity contribution is 7.89. The van der Waals surface area contributed by atoms with Crippen molar-refractivity contribution >= 4 is 16.0 Å². The zero-order chi connectivity index (χ0) is 15.3. The fourth-order valence-corrected chi connectivity index (χ4v) is 2.78. The number of hydrogen-bond acceptors (Lipinski definition) is 4. The van der Waals surface area contributed by atoms with Gasteiger partial charge < -0.3 is 9.84 Å². The van der Waals surface area contributed by atoms with Gasteiger partial charge in [-0.05, 0) is 38.1 Å². The Morgan fingerprint density at radius 1 is 1.30 bits per heavy atom. The summed E-state index contributed by atoms with van der Waals surface area (Å²) < 4.78 is 30.9. The molecule has 0 aromatic heterocycles. The molecule has 0 aliphatic rings. The number of carboxylic acid groups (broad SMARTS) is 1. The van der Waals surface area contributed by atoms with Crippen LogP contribution in [-0.4, -0.2) is 43.5 Å². The van der Waals surface area contributed by atoms with Crippen LogP contribution in [-0.2, 0) is 14.8 Å². The highest BCUT2D eigenvalue weighted by Crippen LogP contribution is 2.20. The van der Waals surface area contributed by atoms with Gasteiger partial charge in [0.2, 0.25) is 10.0 Å². The number of carbonyl (C=O) groups is 1. The van der Waals surface area contributed by atoms with E-state index in [0.29, 0.717) is 5.75 Å². The van der Waals surface area contributed by atoms with Crippen molar-refractivity contribution in [2.45, 2.75) is 31.2 Å². The van der Waals surface area contributed by atoms with E-state index in [2.05, 4.69) is 0 Å². The van der Waals surface area contributed by atoms with Crippen LogP contribution in [0.15, 0.2) is 29.2 Å². The van der Waals surface area contributed by atoms with Crippen LogP contribution < -0.4 is 4.74 Å². The molecule has 112 valence electrons. The van der Waals surface area contributed by atoms with E-state index in [1.165, 1.54) is 35.6 Å². The summed E-state index contributed by atoms with van der Waals surface area (Å²) >= 11 is 0. The molecule has 0 saturated heterocycles. The number of nitrogens with zero attached hydrogens (tertiary/aromatic N) is 1. The topological polar surface area (TPSA) is 83.9 Å². The highest BCUT2D eigenvalue weighted by atomic mass is 32.2. The van der Waals surface area contributed by atoms with Crippen molar-refractivity contribution in [3.63, 3.8) is 0 Å². The van der Waals surface area contributed by atoms with Crippen molar-refractivity contribution < 1.29 is 23.1 Å². The zero-order valence-electron chi connectivity index (χ0n) is 11.7. The first-order chi connectivity index (χ1) is 9.25. The Balaban J connectivity index is 2.78. The van der Waals surface area contributed by atoms with Crippen LogP contribution >= 0.6 is 0 Å². The van der Waals surface area contributed by atoms with Crippen molar-refractivity contribution in [3.05, 3.63) is 24.3 Å². The van der Waals surface area contributed by atoms with Gasteiger partial charge in [0, 0.05) is 13.1 Å². The summed E-state index contributed by atoms with van der Waals surface area (Å²) in [5.41, 5.74) is 0. The Kier molecular flexibility index (Phi) is 5.52. The molecule has 1 rings (SSSR count). The maximum Gasteiger partial charge on any atom is 0.306 e. The molecule has 0 aliphatic carbocycles. The van der Waals surface area contributed by atoms with E-state index in [1.54, 1.807) is 13.8 Å². The number of sulfonamides is 1. The number of carboxylic acids is 1. The van der Waals surface area contributed by atoms with E-state index in [9.17, 15) is 13.2 Å². The Bertz CT molecular complexity index is 551. The minimum Gasteiger partial charge on any atom is -0.493 e. The molecular formula is C13H19NO5S. The maximum absolute atomic E-state index is 12.2. The molecule has 0 bridgehead atoms. The fourth-order valence-electron chi connectivity index (χ4n) is 1.41. The van der Waals surface area contributed by atoms with Gasteiger partial charge >= 0.3 is 5.97 Å². The first kappa shape index (κ1) is 16.5. The van der Waals surface area contributed by atoms with Gasteiger partial charge in [-0.25, -0.2) is 8.42 Å². The molecule has 1 aromatic carbocycles. The molecule has 6 nitrogen and oxygen atoms in total. The molecule has 1 N–H and O–H groups in total. The van der Waals surface area contributed by atoms with Gasteiger partial charge in [-0.2, -0.15) is 4.31 Å². The van der Waals surface area contributed by atoms with Gasteiger partial charge in [0.15, 0.2) is 0 Å². The first-order valence-corrected chi connectivity index (χ1v) is 7.62. The van der Waals surface area contributed by atoms with Crippen molar-refractivity contribution in [3.8, 4) is 5.75 Å². The Hall–Kier alpha value is -1.60. The maximum atomic E-state index is 12.2. The van der Waals surface area contributed by atoms with Crippen LogP contribution in [0.5, 0.6) is 5.75 Å². The van der Waals surface area contributed by atoms with Crippen molar-refractivity contribution in [2.75, 3.05) is 13.7 Å².